The van der Waals surface area contributed by atoms with Crippen LogP contribution in [-0.2, 0) is 4.74 Å². The van der Waals surface area contributed by atoms with Crippen LogP contribution in [0.1, 0.15) is 31.8 Å². The van der Waals surface area contributed by atoms with Crippen LogP contribution < -0.4 is 0 Å². The molecule has 0 radical (unpaired) electrons. The van der Waals surface area contributed by atoms with Gasteiger partial charge in [0.25, 0.3) is 0 Å². The summed E-state index contributed by atoms with van der Waals surface area (Å²) in [6, 6.07) is 10.3. The third kappa shape index (κ3) is 5.80. The molecule has 6 heteroatoms. The van der Waals surface area contributed by atoms with Crippen molar-refractivity contribution in [3.05, 3.63) is 67.6 Å². The number of aryl methyl sites for hydroxylation is 2. The Balaban J connectivity index is 0.000000231. The van der Waals surface area contributed by atoms with E-state index in [0.29, 0.717) is 11.1 Å². The van der Waals surface area contributed by atoms with Gasteiger partial charge >= 0.3 is 11.9 Å². The maximum absolute atomic E-state index is 11.0. The lowest BCUT2D eigenvalue weighted by Gasteiger charge is -2.01. The molecule has 0 amide bonds. The first-order chi connectivity index (χ1) is 10.8. The van der Waals surface area contributed by atoms with Gasteiger partial charge in [-0.25, -0.2) is 9.59 Å². The molecule has 1 N–H and O–H groups in total. The van der Waals surface area contributed by atoms with E-state index in [2.05, 4.69) is 36.6 Å². The van der Waals surface area contributed by atoms with E-state index in [1.807, 2.05) is 19.9 Å². The van der Waals surface area contributed by atoms with Crippen molar-refractivity contribution in [2.75, 3.05) is 7.11 Å². The van der Waals surface area contributed by atoms with Crippen molar-refractivity contribution in [3.8, 4) is 0 Å². The van der Waals surface area contributed by atoms with Gasteiger partial charge in [-0.15, -0.1) is 0 Å². The summed E-state index contributed by atoms with van der Waals surface area (Å²) in [5.74, 6) is -1.19. The first kappa shape index (κ1) is 19.4. The van der Waals surface area contributed by atoms with Crippen LogP contribution in [0.3, 0.4) is 0 Å². The highest BCUT2D eigenvalue weighted by Crippen LogP contribution is 2.17. The molecule has 2 aromatic rings. The summed E-state index contributed by atoms with van der Waals surface area (Å²) in [7, 11) is 1.37. The molecule has 0 saturated carbocycles. The van der Waals surface area contributed by atoms with Crippen LogP contribution in [0.25, 0.3) is 0 Å². The van der Waals surface area contributed by atoms with E-state index in [4.69, 9.17) is 5.11 Å². The Morgan fingerprint density at radius 3 is 1.74 bits per heavy atom. The first-order valence-electron chi connectivity index (χ1n) is 6.60. The third-order valence-electron chi connectivity index (χ3n) is 2.98. The fourth-order valence-electron chi connectivity index (χ4n) is 1.67. The number of hydrogen-bond acceptors (Lipinski definition) is 3. The topological polar surface area (TPSA) is 63.6 Å². The summed E-state index contributed by atoms with van der Waals surface area (Å²) in [5, 5.41) is 8.58. The minimum atomic E-state index is -0.888. The van der Waals surface area contributed by atoms with Crippen molar-refractivity contribution in [2.45, 2.75) is 13.8 Å². The zero-order valence-corrected chi connectivity index (χ0v) is 16.1. The number of carboxylic acids is 1. The molecule has 0 atom stereocenters. The number of carboxylic acid groups (broad SMARTS) is 1. The summed E-state index contributed by atoms with van der Waals surface area (Å²) < 4.78 is 6.51. The standard InChI is InChI=1S/C9H9BrO2.C8H7BrO2/c1-6-5-7(9(11)12-2)3-4-8(6)10;1-5-4-6(8(10)11)2-3-7(5)9/h3-5H,1-2H3;2-4H,1H3,(H,10,11). The number of hydrogen-bond donors (Lipinski definition) is 1. The summed E-state index contributed by atoms with van der Waals surface area (Å²) in [4.78, 5) is 21.5. The van der Waals surface area contributed by atoms with Gasteiger partial charge in [-0.3, -0.25) is 0 Å². The Morgan fingerprint density at radius 1 is 0.913 bits per heavy atom. The van der Waals surface area contributed by atoms with Gasteiger partial charge < -0.3 is 9.84 Å². The Kier molecular flexibility index (Phi) is 7.45. The largest absolute Gasteiger partial charge is 0.478 e. The molecule has 0 heterocycles. The number of methoxy groups -OCH3 is 1. The van der Waals surface area contributed by atoms with Gasteiger partial charge in [0, 0.05) is 8.95 Å². The molecule has 0 bridgehead atoms. The van der Waals surface area contributed by atoms with Crippen LogP contribution in [0, 0.1) is 13.8 Å². The van der Waals surface area contributed by atoms with Gasteiger partial charge in [0.2, 0.25) is 0 Å². The second-order valence-corrected chi connectivity index (χ2v) is 6.43. The zero-order valence-electron chi connectivity index (χ0n) is 12.9. The molecule has 122 valence electrons. The summed E-state index contributed by atoms with van der Waals surface area (Å²) in [6.07, 6.45) is 0. The molecule has 0 unspecified atom stereocenters. The average molecular weight is 444 g/mol. The SMILES string of the molecule is COC(=O)c1ccc(Br)c(C)c1.Cc1cc(C(=O)O)ccc1Br. The predicted molar refractivity (Wildman–Crippen MR) is 96.1 cm³/mol. The van der Waals surface area contributed by atoms with Gasteiger partial charge in [0.05, 0.1) is 18.2 Å². The molecular weight excluding hydrogens is 428 g/mol. The summed E-state index contributed by atoms with van der Waals surface area (Å²) in [5.41, 5.74) is 2.87. The normalized spacial score (nSPS) is 9.61. The molecular formula is C17H16Br2O4. The van der Waals surface area contributed by atoms with Crippen molar-refractivity contribution in [2.24, 2.45) is 0 Å². The first-order valence-corrected chi connectivity index (χ1v) is 8.18. The molecule has 23 heavy (non-hydrogen) atoms. The lowest BCUT2D eigenvalue weighted by atomic mass is 10.1. The fourth-order valence-corrected chi connectivity index (χ4v) is 2.16. The highest BCUT2D eigenvalue weighted by molar-refractivity contribution is 9.10. The second-order valence-electron chi connectivity index (χ2n) is 4.72. The Bertz CT molecular complexity index is 727. The van der Waals surface area contributed by atoms with Crippen LogP contribution in [0.4, 0.5) is 0 Å². The molecule has 2 aromatic carbocycles. The number of rotatable bonds is 2. The molecule has 0 spiro atoms. The molecule has 0 saturated heterocycles. The van der Waals surface area contributed by atoms with Crippen LogP contribution >= 0.6 is 31.9 Å². The lowest BCUT2D eigenvalue weighted by molar-refractivity contribution is 0.0599. The number of carbonyl (C=O) groups is 2. The van der Waals surface area contributed by atoms with Gasteiger partial charge in [0.1, 0.15) is 0 Å². The lowest BCUT2D eigenvalue weighted by Crippen LogP contribution is -2.00. The minimum Gasteiger partial charge on any atom is -0.478 e. The smallest absolute Gasteiger partial charge is 0.337 e. The number of carbonyl (C=O) groups excluding carboxylic acids is 1. The summed E-state index contributed by atoms with van der Waals surface area (Å²) in [6.45, 7) is 3.78. The quantitative estimate of drug-likeness (QED) is 0.663. The van der Waals surface area contributed by atoms with Crippen molar-refractivity contribution in [1.29, 1.82) is 0 Å². The highest BCUT2D eigenvalue weighted by atomic mass is 79.9. The van der Waals surface area contributed by atoms with Gasteiger partial charge in [0.15, 0.2) is 0 Å². The Labute approximate surface area is 151 Å². The molecule has 0 aliphatic carbocycles. The average Bonchev–Trinajstić information content (AvgIpc) is 2.52. The molecule has 4 nitrogen and oxygen atoms in total. The Hall–Kier alpha value is -1.66. The van der Waals surface area contributed by atoms with Crippen LogP contribution in [-0.4, -0.2) is 24.2 Å². The van der Waals surface area contributed by atoms with Gasteiger partial charge in [-0.05, 0) is 61.4 Å². The van der Waals surface area contributed by atoms with Crippen LogP contribution in [0.5, 0.6) is 0 Å². The number of aromatic carboxylic acids is 1. The van der Waals surface area contributed by atoms with E-state index in [9.17, 15) is 9.59 Å². The third-order valence-corrected chi connectivity index (χ3v) is 4.76. The fraction of sp³-hybridized carbons (Fsp3) is 0.176. The maximum Gasteiger partial charge on any atom is 0.337 e. The molecule has 0 aliphatic rings. The van der Waals surface area contributed by atoms with Crippen molar-refractivity contribution in [1.82, 2.24) is 0 Å². The van der Waals surface area contributed by atoms with Crippen LogP contribution in [0.15, 0.2) is 45.3 Å². The number of esters is 1. The number of halogens is 2. The van der Waals surface area contributed by atoms with E-state index >= 15 is 0 Å². The molecule has 0 fully saturated rings. The maximum atomic E-state index is 11.0. The van der Waals surface area contributed by atoms with Gasteiger partial charge in [-0.2, -0.15) is 0 Å². The molecule has 0 aliphatic heterocycles. The monoisotopic (exact) mass is 442 g/mol. The minimum absolute atomic E-state index is 0.300. The summed E-state index contributed by atoms with van der Waals surface area (Å²) >= 11 is 6.63. The zero-order chi connectivity index (χ0) is 17.6. The van der Waals surface area contributed by atoms with Crippen molar-refractivity contribution in [3.63, 3.8) is 0 Å². The van der Waals surface area contributed by atoms with Crippen molar-refractivity contribution < 1.29 is 19.4 Å². The second kappa shape index (κ2) is 8.84. The van der Waals surface area contributed by atoms with E-state index in [1.54, 1.807) is 30.3 Å². The van der Waals surface area contributed by atoms with Crippen molar-refractivity contribution >= 4 is 43.8 Å². The highest BCUT2D eigenvalue weighted by Gasteiger charge is 2.05. The molecule has 0 aromatic heterocycles. The molecule has 2 rings (SSSR count). The number of benzene rings is 2. The van der Waals surface area contributed by atoms with Gasteiger partial charge in [-0.1, -0.05) is 31.9 Å². The van der Waals surface area contributed by atoms with E-state index in [-0.39, 0.29) is 5.97 Å². The van der Waals surface area contributed by atoms with E-state index in [0.717, 1.165) is 20.1 Å². The van der Waals surface area contributed by atoms with E-state index in [1.165, 1.54) is 7.11 Å². The number of ether oxygens (including phenoxy) is 1. The van der Waals surface area contributed by atoms with E-state index < -0.39 is 5.97 Å². The Morgan fingerprint density at radius 2 is 1.35 bits per heavy atom. The van der Waals surface area contributed by atoms with Crippen LogP contribution in [0.2, 0.25) is 0 Å². The predicted octanol–water partition coefficient (Wildman–Crippen LogP) is 5.00.